The third-order valence-electron chi connectivity index (χ3n) is 2.19. The van der Waals surface area contributed by atoms with Gasteiger partial charge in [-0.05, 0) is 18.8 Å². The van der Waals surface area contributed by atoms with Gasteiger partial charge in [0, 0.05) is 26.3 Å². The van der Waals surface area contributed by atoms with E-state index >= 15 is 0 Å². The van der Waals surface area contributed by atoms with Gasteiger partial charge in [-0.15, -0.1) is 0 Å². The van der Waals surface area contributed by atoms with Gasteiger partial charge in [-0.1, -0.05) is 30.4 Å². The number of aryl methyl sites for hydroxylation is 1. The van der Waals surface area contributed by atoms with E-state index in [2.05, 4.69) is 22.5 Å². The minimum atomic E-state index is 0. The van der Waals surface area contributed by atoms with Crippen LogP contribution in [0.1, 0.15) is 5.69 Å². The van der Waals surface area contributed by atoms with Gasteiger partial charge in [0.05, 0.1) is 0 Å². The predicted octanol–water partition coefficient (Wildman–Crippen LogP) is 2.19. The summed E-state index contributed by atoms with van der Waals surface area (Å²) in [6.45, 7) is 2.06. The Labute approximate surface area is 97.3 Å². The molecule has 0 amide bonds. The summed E-state index contributed by atoms with van der Waals surface area (Å²) in [5.74, 6) is 0. The van der Waals surface area contributed by atoms with Gasteiger partial charge in [-0.3, -0.25) is 0 Å². The maximum absolute atomic E-state index is 4.27. The van der Waals surface area contributed by atoms with Crippen molar-refractivity contribution >= 4 is 0 Å². The second kappa shape index (κ2) is 4.54. The molecule has 0 unspecified atom stereocenters. The Bertz CT molecular complexity index is 406. The van der Waals surface area contributed by atoms with E-state index in [1.807, 2.05) is 31.3 Å². The van der Waals surface area contributed by atoms with Gasteiger partial charge in [0.25, 0.3) is 0 Å². The Kier molecular flexibility index (Phi) is 3.61. The number of aromatic nitrogens is 2. The topological polar surface area (TPSA) is 17.8 Å². The van der Waals surface area contributed by atoms with Crippen LogP contribution < -0.4 is 0 Å². The van der Waals surface area contributed by atoms with Gasteiger partial charge in [0.1, 0.15) is 0 Å². The van der Waals surface area contributed by atoms with Gasteiger partial charge in [0.2, 0.25) is 0 Å². The van der Waals surface area contributed by atoms with Crippen molar-refractivity contribution in [3.63, 3.8) is 0 Å². The fraction of sp³-hybridized carbons (Fsp3) is 0.182. The summed E-state index contributed by atoms with van der Waals surface area (Å²) in [6, 6.07) is 11.1. The Morgan fingerprint density at radius 1 is 1.36 bits per heavy atom. The van der Waals surface area contributed by atoms with Gasteiger partial charge < -0.3 is 9.55 Å². The Morgan fingerprint density at radius 2 is 2.14 bits per heavy atom. The van der Waals surface area contributed by atoms with Crippen molar-refractivity contribution in [3.8, 4) is 11.4 Å². The first-order valence-corrected chi connectivity index (χ1v) is 4.24. The van der Waals surface area contributed by atoms with Crippen LogP contribution in [0, 0.1) is 13.0 Å². The van der Waals surface area contributed by atoms with Crippen molar-refractivity contribution in [2.75, 3.05) is 0 Å². The van der Waals surface area contributed by atoms with Crippen LogP contribution in [0.4, 0.5) is 0 Å². The molecule has 2 aromatic heterocycles. The molecule has 0 aliphatic rings. The fourth-order valence-corrected chi connectivity index (χ4v) is 1.29. The maximum atomic E-state index is 4.27. The molecule has 3 heteroatoms. The molecule has 0 aromatic carbocycles. The third-order valence-corrected chi connectivity index (χ3v) is 2.19. The van der Waals surface area contributed by atoms with Crippen molar-refractivity contribution < 1.29 is 20.1 Å². The molecule has 0 aliphatic carbocycles. The van der Waals surface area contributed by atoms with Crippen molar-refractivity contribution in [2.24, 2.45) is 7.05 Å². The molecule has 0 atom stereocenters. The van der Waals surface area contributed by atoms with Gasteiger partial charge in [-0.2, -0.15) is 12.1 Å². The molecule has 0 saturated carbocycles. The molecular weight excluding hydrogens is 352 g/mol. The second-order valence-corrected chi connectivity index (χ2v) is 3.05. The van der Waals surface area contributed by atoms with Crippen LogP contribution in [0.3, 0.4) is 0 Å². The molecule has 0 saturated heterocycles. The Balaban J connectivity index is 0.000000980. The molecule has 0 fully saturated rings. The monoisotopic (exact) mass is 364 g/mol. The number of hydrogen-bond donors (Lipinski definition) is 0. The molecule has 0 spiro atoms. The second-order valence-electron chi connectivity index (χ2n) is 3.05. The largest absolute Gasteiger partial charge is 0.419 e. The molecule has 2 rings (SSSR count). The molecular formula is C11H11IrN2-. The van der Waals surface area contributed by atoms with Crippen LogP contribution >= 0.6 is 0 Å². The first kappa shape index (κ1) is 11.2. The van der Waals surface area contributed by atoms with Crippen molar-refractivity contribution in [1.29, 1.82) is 0 Å². The summed E-state index contributed by atoms with van der Waals surface area (Å²) < 4.78 is 2.09. The normalized spacial score (nSPS) is 9.57. The Morgan fingerprint density at radius 3 is 2.64 bits per heavy atom. The molecule has 14 heavy (non-hydrogen) atoms. The summed E-state index contributed by atoms with van der Waals surface area (Å²) in [5, 5.41) is 0. The van der Waals surface area contributed by atoms with Crippen LogP contribution in [-0.4, -0.2) is 9.55 Å². The summed E-state index contributed by atoms with van der Waals surface area (Å²) in [5.41, 5.74) is 3.21. The summed E-state index contributed by atoms with van der Waals surface area (Å²) >= 11 is 0. The smallest absolute Gasteiger partial charge is 0.0125 e. The minimum Gasteiger partial charge on any atom is -0.419 e. The minimum absolute atomic E-state index is 0. The quantitative estimate of drug-likeness (QED) is 0.711. The average molecular weight is 363 g/mol. The van der Waals surface area contributed by atoms with Crippen LogP contribution in [-0.2, 0) is 27.2 Å². The van der Waals surface area contributed by atoms with Gasteiger partial charge in [0.15, 0.2) is 0 Å². The van der Waals surface area contributed by atoms with E-state index in [-0.39, 0.29) is 20.1 Å². The molecule has 2 heterocycles. The van der Waals surface area contributed by atoms with E-state index in [1.165, 1.54) is 5.69 Å². The van der Waals surface area contributed by atoms with E-state index in [4.69, 9.17) is 0 Å². The van der Waals surface area contributed by atoms with Crippen molar-refractivity contribution in [2.45, 2.75) is 6.92 Å². The summed E-state index contributed by atoms with van der Waals surface area (Å²) in [7, 11) is 2.02. The standard InChI is InChI=1S/C11H11N2.Ir/c1-9-6-7-11(13(9)2)10-5-3-4-8-12-10;/h3-6,8H,1-2H3;/q-1;. The number of hydrogen-bond acceptors (Lipinski definition) is 1. The zero-order valence-electron chi connectivity index (χ0n) is 8.11. The van der Waals surface area contributed by atoms with Crippen LogP contribution in [0.2, 0.25) is 0 Å². The SMILES string of the molecule is Cc1c[c-]c(-c2ccccn2)n1C.[Ir]. The number of pyridine rings is 1. The van der Waals surface area contributed by atoms with Crippen molar-refractivity contribution in [1.82, 2.24) is 9.55 Å². The zero-order chi connectivity index (χ0) is 9.26. The first-order chi connectivity index (χ1) is 6.29. The fourth-order valence-electron chi connectivity index (χ4n) is 1.29. The van der Waals surface area contributed by atoms with Crippen molar-refractivity contribution in [3.05, 3.63) is 42.2 Å². The molecule has 0 aliphatic heterocycles. The van der Waals surface area contributed by atoms with Gasteiger partial charge in [-0.25, -0.2) is 0 Å². The first-order valence-electron chi connectivity index (χ1n) is 4.24. The van der Waals surface area contributed by atoms with Crippen LogP contribution in [0.15, 0.2) is 30.5 Å². The number of rotatable bonds is 1. The van der Waals surface area contributed by atoms with E-state index in [9.17, 15) is 0 Å². The molecule has 2 nitrogen and oxygen atoms in total. The predicted molar refractivity (Wildman–Crippen MR) is 52.2 cm³/mol. The molecule has 0 bridgehead atoms. The Hall–Kier alpha value is -0.921. The third kappa shape index (κ3) is 1.94. The molecule has 1 radical (unpaired) electrons. The molecule has 75 valence electrons. The van der Waals surface area contributed by atoms with E-state index in [0.29, 0.717) is 0 Å². The van der Waals surface area contributed by atoms with Gasteiger partial charge >= 0.3 is 0 Å². The zero-order valence-corrected chi connectivity index (χ0v) is 10.5. The average Bonchev–Trinajstić information content (AvgIpc) is 2.49. The summed E-state index contributed by atoms with van der Waals surface area (Å²) in [6.07, 6.45) is 1.80. The van der Waals surface area contributed by atoms with E-state index in [0.717, 1.165) is 11.4 Å². The van der Waals surface area contributed by atoms with Crippen LogP contribution in [0.5, 0.6) is 0 Å². The van der Waals surface area contributed by atoms with E-state index in [1.54, 1.807) is 6.20 Å². The molecule has 0 N–H and O–H groups in total. The maximum Gasteiger partial charge on any atom is 0.0125 e. The van der Waals surface area contributed by atoms with E-state index < -0.39 is 0 Å². The molecule has 2 aromatic rings. The summed E-state index contributed by atoms with van der Waals surface area (Å²) in [4.78, 5) is 4.27. The number of nitrogens with zero attached hydrogens (tertiary/aromatic N) is 2. The van der Waals surface area contributed by atoms with Crippen LogP contribution in [0.25, 0.3) is 11.4 Å².